The van der Waals surface area contributed by atoms with Crippen molar-refractivity contribution in [1.29, 1.82) is 0 Å². The molecule has 3 atom stereocenters. The molecule has 90 valence electrons. The summed E-state index contributed by atoms with van der Waals surface area (Å²) in [4.78, 5) is 0. The van der Waals surface area contributed by atoms with Crippen LogP contribution in [0.15, 0.2) is 0 Å². The fourth-order valence-electron chi connectivity index (χ4n) is 2.14. The van der Waals surface area contributed by atoms with Gasteiger partial charge in [0.1, 0.15) is 0 Å². The predicted octanol–water partition coefficient (Wildman–Crippen LogP) is 1.96. The lowest BCUT2D eigenvalue weighted by molar-refractivity contribution is 0.0852. The highest BCUT2D eigenvalue weighted by atomic mass is 16.5. The molecule has 0 amide bonds. The summed E-state index contributed by atoms with van der Waals surface area (Å²) in [5, 5.41) is 3.36. The van der Waals surface area contributed by atoms with Crippen LogP contribution in [0.3, 0.4) is 0 Å². The van der Waals surface area contributed by atoms with Crippen molar-refractivity contribution in [1.82, 2.24) is 5.32 Å². The molecule has 1 heterocycles. The Bertz CT molecular complexity index is 158. The van der Waals surface area contributed by atoms with Crippen LogP contribution in [-0.2, 0) is 9.47 Å². The summed E-state index contributed by atoms with van der Waals surface area (Å²) in [6.07, 6.45) is 6.79. The first kappa shape index (κ1) is 12.9. The molecule has 0 bridgehead atoms. The molecule has 0 radical (unpaired) electrons. The number of nitrogens with one attached hydrogen (secondary N) is 1. The van der Waals surface area contributed by atoms with Gasteiger partial charge in [-0.25, -0.2) is 0 Å². The van der Waals surface area contributed by atoms with Gasteiger partial charge < -0.3 is 14.8 Å². The number of hydrogen-bond acceptors (Lipinski definition) is 3. The van der Waals surface area contributed by atoms with E-state index in [9.17, 15) is 0 Å². The van der Waals surface area contributed by atoms with Crippen molar-refractivity contribution >= 4 is 0 Å². The standard InChI is InChI=1S/C12H25NO2/c1-10(14-3)9-11(13-2)6-7-12-5-4-8-15-12/h10-13H,4-9H2,1-3H3. The van der Waals surface area contributed by atoms with Gasteiger partial charge in [-0.05, 0) is 46.1 Å². The Morgan fingerprint density at radius 2 is 2.33 bits per heavy atom. The third-order valence-electron chi connectivity index (χ3n) is 3.29. The van der Waals surface area contributed by atoms with Crippen molar-refractivity contribution < 1.29 is 9.47 Å². The van der Waals surface area contributed by atoms with E-state index in [1.165, 1.54) is 25.7 Å². The molecule has 1 N–H and O–H groups in total. The van der Waals surface area contributed by atoms with Crippen molar-refractivity contribution in [3.8, 4) is 0 Å². The van der Waals surface area contributed by atoms with Crippen LogP contribution < -0.4 is 5.32 Å². The molecular formula is C12H25NO2. The quantitative estimate of drug-likeness (QED) is 0.704. The van der Waals surface area contributed by atoms with Gasteiger partial charge in [0.15, 0.2) is 0 Å². The molecule has 0 saturated carbocycles. The molecule has 3 heteroatoms. The van der Waals surface area contributed by atoms with Crippen molar-refractivity contribution in [2.75, 3.05) is 20.8 Å². The predicted molar refractivity (Wildman–Crippen MR) is 62.1 cm³/mol. The van der Waals surface area contributed by atoms with E-state index >= 15 is 0 Å². The van der Waals surface area contributed by atoms with Crippen LogP contribution in [0.2, 0.25) is 0 Å². The number of rotatable bonds is 7. The minimum atomic E-state index is 0.340. The van der Waals surface area contributed by atoms with Crippen LogP contribution in [-0.4, -0.2) is 39.0 Å². The van der Waals surface area contributed by atoms with Crippen LogP contribution >= 0.6 is 0 Å². The highest BCUT2D eigenvalue weighted by Crippen LogP contribution is 2.19. The van der Waals surface area contributed by atoms with Gasteiger partial charge in [0.25, 0.3) is 0 Å². The molecule has 1 aliphatic rings. The molecule has 0 spiro atoms. The minimum absolute atomic E-state index is 0.340. The molecule has 0 aromatic rings. The monoisotopic (exact) mass is 215 g/mol. The van der Waals surface area contributed by atoms with Crippen LogP contribution in [0.25, 0.3) is 0 Å². The second kappa shape index (κ2) is 7.20. The second-order valence-electron chi connectivity index (χ2n) is 4.48. The van der Waals surface area contributed by atoms with Crippen molar-refractivity contribution in [3.63, 3.8) is 0 Å². The minimum Gasteiger partial charge on any atom is -0.382 e. The molecule has 15 heavy (non-hydrogen) atoms. The Morgan fingerprint density at radius 1 is 1.53 bits per heavy atom. The van der Waals surface area contributed by atoms with Crippen LogP contribution in [0.1, 0.15) is 39.0 Å². The van der Waals surface area contributed by atoms with Gasteiger partial charge in [0.05, 0.1) is 12.2 Å². The molecule has 1 saturated heterocycles. The molecule has 1 fully saturated rings. The Kier molecular flexibility index (Phi) is 6.22. The normalized spacial score (nSPS) is 25.4. The zero-order valence-electron chi connectivity index (χ0n) is 10.3. The van der Waals surface area contributed by atoms with Gasteiger partial charge in [-0.3, -0.25) is 0 Å². The average Bonchev–Trinajstić information content (AvgIpc) is 2.76. The summed E-state index contributed by atoms with van der Waals surface area (Å²) in [6.45, 7) is 3.08. The van der Waals surface area contributed by atoms with Gasteiger partial charge >= 0.3 is 0 Å². The van der Waals surface area contributed by atoms with E-state index in [0.29, 0.717) is 18.2 Å². The van der Waals surface area contributed by atoms with Gasteiger partial charge in [0, 0.05) is 19.8 Å². The summed E-state index contributed by atoms with van der Waals surface area (Å²) in [7, 11) is 3.81. The molecule has 0 aliphatic carbocycles. The molecule has 0 aromatic heterocycles. The van der Waals surface area contributed by atoms with Gasteiger partial charge in [0.2, 0.25) is 0 Å². The third kappa shape index (κ3) is 4.96. The number of hydrogen-bond donors (Lipinski definition) is 1. The lowest BCUT2D eigenvalue weighted by Gasteiger charge is -2.21. The third-order valence-corrected chi connectivity index (χ3v) is 3.29. The van der Waals surface area contributed by atoms with E-state index < -0.39 is 0 Å². The topological polar surface area (TPSA) is 30.5 Å². The SMILES string of the molecule is CNC(CCC1CCCO1)CC(C)OC. The summed E-state index contributed by atoms with van der Waals surface area (Å²) in [5.41, 5.74) is 0. The van der Waals surface area contributed by atoms with Gasteiger partial charge in [-0.2, -0.15) is 0 Å². The summed E-state index contributed by atoms with van der Waals surface area (Å²) in [6, 6.07) is 0.559. The smallest absolute Gasteiger partial charge is 0.0576 e. The highest BCUT2D eigenvalue weighted by molar-refractivity contribution is 4.72. The van der Waals surface area contributed by atoms with Crippen molar-refractivity contribution in [2.45, 2.75) is 57.3 Å². The van der Waals surface area contributed by atoms with Crippen LogP contribution in [0.4, 0.5) is 0 Å². The maximum Gasteiger partial charge on any atom is 0.0576 e. The first-order valence-electron chi connectivity index (χ1n) is 6.08. The van der Waals surface area contributed by atoms with E-state index in [1.807, 2.05) is 7.05 Å². The Labute approximate surface area is 93.5 Å². The molecule has 1 rings (SSSR count). The Balaban J connectivity index is 2.14. The largest absolute Gasteiger partial charge is 0.382 e. The summed E-state index contributed by atoms with van der Waals surface area (Å²) >= 11 is 0. The van der Waals surface area contributed by atoms with E-state index in [0.717, 1.165) is 13.0 Å². The van der Waals surface area contributed by atoms with Gasteiger partial charge in [-0.15, -0.1) is 0 Å². The first-order chi connectivity index (χ1) is 7.26. The lowest BCUT2D eigenvalue weighted by Crippen LogP contribution is -2.30. The van der Waals surface area contributed by atoms with E-state index in [1.54, 1.807) is 7.11 Å². The second-order valence-corrected chi connectivity index (χ2v) is 4.48. The van der Waals surface area contributed by atoms with E-state index in [2.05, 4.69) is 12.2 Å². The number of ether oxygens (including phenoxy) is 2. The molecular weight excluding hydrogens is 190 g/mol. The maximum atomic E-state index is 5.62. The zero-order valence-corrected chi connectivity index (χ0v) is 10.3. The first-order valence-corrected chi connectivity index (χ1v) is 6.08. The van der Waals surface area contributed by atoms with Crippen LogP contribution in [0.5, 0.6) is 0 Å². The molecule has 3 nitrogen and oxygen atoms in total. The number of methoxy groups -OCH3 is 1. The molecule has 1 aliphatic heterocycles. The fourth-order valence-corrected chi connectivity index (χ4v) is 2.14. The highest BCUT2D eigenvalue weighted by Gasteiger charge is 2.18. The van der Waals surface area contributed by atoms with Crippen molar-refractivity contribution in [3.05, 3.63) is 0 Å². The fraction of sp³-hybridized carbons (Fsp3) is 1.00. The average molecular weight is 215 g/mol. The van der Waals surface area contributed by atoms with Gasteiger partial charge in [-0.1, -0.05) is 0 Å². The summed E-state index contributed by atoms with van der Waals surface area (Å²) in [5.74, 6) is 0. The van der Waals surface area contributed by atoms with E-state index in [-0.39, 0.29) is 0 Å². The molecule has 3 unspecified atom stereocenters. The molecule has 0 aromatic carbocycles. The van der Waals surface area contributed by atoms with Crippen LogP contribution in [0, 0.1) is 0 Å². The lowest BCUT2D eigenvalue weighted by atomic mass is 10.0. The Morgan fingerprint density at radius 3 is 2.87 bits per heavy atom. The van der Waals surface area contributed by atoms with E-state index in [4.69, 9.17) is 9.47 Å². The zero-order chi connectivity index (χ0) is 11.1. The summed E-state index contributed by atoms with van der Waals surface area (Å²) < 4.78 is 10.9. The maximum absolute atomic E-state index is 5.62. The van der Waals surface area contributed by atoms with Crippen molar-refractivity contribution in [2.24, 2.45) is 0 Å². The Hall–Kier alpha value is -0.120.